The van der Waals surface area contributed by atoms with Gasteiger partial charge in [-0.15, -0.1) is 0 Å². The molecule has 2 rings (SSSR count). The van der Waals surface area contributed by atoms with Crippen LogP contribution in [0.3, 0.4) is 0 Å². The molecule has 1 N–H and O–H groups in total. The Kier molecular flexibility index (Phi) is 4.45. The lowest BCUT2D eigenvalue weighted by Gasteiger charge is -2.32. The Balaban J connectivity index is 2.16. The van der Waals surface area contributed by atoms with Crippen molar-refractivity contribution >= 4 is 15.7 Å². The molecule has 0 aliphatic carbocycles. The van der Waals surface area contributed by atoms with Crippen LogP contribution >= 0.6 is 0 Å². The molecule has 0 unspecified atom stereocenters. The second kappa shape index (κ2) is 5.93. The molecule has 20 heavy (non-hydrogen) atoms. The number of amides is 1. The van der Waals surface area contributed by atoms with Crippen LogP contribution in [-0.4, -0.2) is 50.7 Å². The predicted octanol–water partition coefficient (Wildman–Crippen LogP) is 0.914. The van der Waals surface area contributed by atoms with E-state index in [0.717, 1.165) is 6.54 Å². The van der Waals surface area contributed by atoms with Crippen LogP contribution in [0.4, 0.5) is 0 Å². The van der Waals surface area contributed by atoms with Gasteiger partial charge in [0.05, 0.1) is 10.6 Å². The fourth-order valence-corrected chi connectivity index (χ4v) is 3.15. The molecule has 0 saturated carbocycles. The summed E-state index contributed by atoms with van der Waals surface area (Å²) in [6, 6.07) is 6.50. The summed E-state index contributed by atoms with van der Waals surface area (Å²) >= 11 is 0. The van der Waals surface area contributed by atoms with Crippen molar-refractivity contribution in [3.63, 3.8) is 0 Å². The zero-order chi connectivity index (χ0) is 14.8. The van der Waals surface area contributed by atoms with E-state index in [4.69, 9.17) is 0 Å². The van der Waals surface area contributed by atoms with Crippen LogP contribution in [0.5, 0.6) is 0 Å². The van der Waals surface area contributed by atoms with Gasteiger partial charge in [-0.1, -0.05) is 6.92 Å². The Labute approximate surface area is 119 Å². The molecule has 110 valence electrons. The van der Waals surface area contributed by atoms with E-state index in [1.165, 1.54) is 12.1 Å². The average Bonchev–Trinajstić information content (AvgIpc) is 2.46. The number of benzene rings is 1. The first-order valence-electron chi connectivity index (χ1n) is 6.79. The van der Waals surface area contributed by atoms with Gasteiger partial charge in [-0.3, -0.25) is 4.79 Å². The van der Waals surface area contributed by atoms with E-state index < -0.39 is 9.84 Å². The highest BCUT2D eigenvalue weighted by Gasteiger charge is 2.22. The van der Waals surface area contributed by atoms with Crippen LogP contribution in [0.25, 0.3) is 0 Å². The van der Waals surface area contributed by atoms with Crippen LogP contribution in [0, 0.1) is 0 Å². The summed E-state index contributed by atoms with van der Waals surface area (Å²) in [6.07, 6.45) is 0. The van der Waals surface area contributed by atoms with Crippen LogP contribution in [0.1, 0.15) is 24.2 Å². The minimum atomic E-state index is -3.21. The molecule has 0 bridgehead atoms. The van der Waals surface area contributed by atoms with Gasteiger partial charge in [-0.05, 0) is 31.2 Å². The number of piperazine rings is 1. The van der Waals surface area contributed by atoms with Crippen LogP contribution in [0.15, 0.2) is 29.2 Å². The largest absolute Gasteiger partial charge is 0.336 e. The Hall–Kier alpha value is -1.40. The SMILES string of the molecule is CCS(=O)(=O)c1ccc(C(=O)N2CCN[C@H](C)C2)cc1. The van der Waals surface area contributed by atoms with Gasteiger partial charge in [0, 0.05) is 31.2 Å². The van der Waals surface area contributed by atoms with Crippen LogP contribution in [-0.2, 0) is 9.84 Å². The quantitative estimate of drug-likeness (QED) is 0.900. The first kappa shape index (κ1) is 15.0. The maximum absolute atomic E-state index is 12.3. The molecule has 1 aromatic rings. The molecule has 1 aromatic carbocycles. The molecule has 1 amide bonds. The number of hydrogen-bond acceptors (Lipinski definition) is 4. The van der Waals surface area contributed by atoms with Crippen molar-refractivity contribution in [2.24, 2.45) is 0 Å². The number of carbonyl (C=O) groups is 1. The summed E-state index contributed by atoms with van der Waals surface area (Å²) in [6.45, 7) is 5.79. The van der Waals surface area contributed by atoms with Gasteiger partial charge in [0.25, 0.3) is 5.91 Å². The molecule has 0 radical (unpaired) electrons. The summed E-state index contributed by atoms with van der Waals surface area (Å²) in [4.78, 5) is 14.4. The number of sulfone groups is 1. The molecule has 1 aliphatic heterocycles. The lowest BCUT2D eigenvalue weighted by molar-refractivity contribution is 0.0709. The van der Waals surface area contributed by atoms with Gasteiger partial charge in [-0.2, -0.15) is 0 Å². The Bertz CT molecular complexity index is 581. The molecular weight excluding hydrogens is 276 g/mol. The van der Waals surface area contributed by atoms with E-state index in [1.807, 2.05) is 6.92 Å². The summed E-state index contributed by atoms with van der Waals surface area (Å²) in [5.74, 6) is 0.0223. The lowest BCUT2D eigenvalue weighted by atomic mass is 10.1. The highest BCUT2D eigenvalue weighted by molar-refractivity contribution is 7.91. The molecule has 6 heteroatoms. The van der Waals surface area contributed by atoms with Crippen molar-refractivity contribution in [3.8, 4) is 0 Å². The minimum Gasteiger partial charge on any atom is -0.336 e. The minimum absolute atomic E-state index is 0.0428. The van der Waals surface area contributed by atoms with Gasteiger partial charge in [0.2, 0.25) is 0 Å². The third-order valence-corrected chi connectivity index (χ3v) is 5.25. The molecular formula is C14H20N2O3S. The molecule has 1 aliphatic rings. The second-order valence-electron chi connectivity index (χ2n) is 5.03. The zero-order valence-electron chi connectivity index (χ0n) is 11.8. The summed E-state index contributed by atoms with van der Waals surface area (Å²) < 4.78 is 23.4. The van der Waals surface area contributed by atoms with Gasteiger partial charge < -0.3 is 10.2 Å². The van der Waals surface area contributed by atoms with Crippen LogP contribution < -0.4 is 5.32 Å². The topological polar surface area (TPSA) is 66.5 Å². The number of rotatable bonds is 3. The fraction of sp³-hybridized carbons (Fsp3) is 0.500. The molecule has 0 aromatic heterocycles. The van der Waals surface area contributed by atoms with Crippen LogP contribution in [0.2, 0.25) is 0 Å². The van der Waals surface area contributed by atoms with E-state index in [9.17, 15) is 13.2 Å². The van der Waals surface area contributed by atoms with Crippen molar-refractivity contribution in [1.82, 2.24) is 10.2 Å². The second-order valence-corrected chi connectivity index (χ2v) is 7.31. The Morgan fingerprint density at radius 3 is 2.55 bits per heavy atom. The first-order chi connectivity index (χ1) is 9.44. The summed E-state index contributed by atoms with van der Waals surface area (Å²) in [5.41, 5.74) is 0.536. The smallest absolute Gasteiger partial charge is 0.253 e. The number of nitrogens with one attached hydrogen (secondary N) is 1. The van der Waals surface area contributed by atoms with Crippen molar-refractivity contribution in [1.29, 1.82) is 0 Å². The van der Waals surface area contributed by atoms with Crippen molar-refractivity contribution in [2.75, 3.05) is 25.4 Å². The number of nitrogens with zero attached hydrogens (tertiary/aromatic N) is 1. The van der Waals surface area contributed by atoms with E-state index in [1.54, 1.807) is 24.0 Å². The maximum Gasteiger partial charge on any atom is 0.253 e. The predicted molar refractivity (Wildman–Crippen MR) is 77.5 cm³/mol. The Morgan fingerprint density at radius 2 is 2.00 bits per heavy atom. The molecule has 5 nitrogen and oxygen atoms in total. The standard InChI is InChI=1S/C14H20N2O3S/c1-3-20(18,19)13-6-4-12(5-7-13)14(17)16-9-8-15-11(2)10-16/h4-7,11,15H,3,8-10H2,1-2H3/t11-/m1/s1. The van der Waals surface area contributed by atoms with Crippen molar-refractivity contribution < 1.29 is 13.2 Å². The average molecular weight is 296 g/mol. The third-order valence-electron chi connectivity index (χ3n) is 3.50. The van der Waals surface area contributed by atoms with Gasteiger partial charge in [-0.25, -0.2) is 8.42 Å². The molecule has 0 spiro atoms. The fourth-order valence-electron chi connectivity index (χ4n) is 2.27. The van der Waals surface area contributed by atoms with Gasteiger partial charge >= 0.3 is 0 Å². The zero-order valence-corrected chi connectivity index (χ0v) is 12.6. The first-order valence-corrected chi connectivity index (χ1v) is 8.44. The van der Waals surface area contributed by atoms with E-state index in [0.29, 0.717) is 18.7 Å². The molecule has 1 saturated heterocycles. The summed E-state index contributed by atoms with van der Waals surface area (Å²) in [5, 5.41) is 3.28. The monoisotopic (exact) mass is 296 g/mol. The Morgan fingerprint density at radius 1 is 1.35 bits per heavy atom. The maximum atomic E-state index is 12.3. The van der Waals surface area contributed by atoms with Crippen molar-refractivity contribution in [3.05, 3.63) is 29.8 Å². The highest BCUT2D eigenvalue weighted by Crippen LogP contribution is 2.14. The number of carbonyl (C=O) groups excluding carboxylic acids is 1. The van der Waals surface area contributed by atoms with Gasteiger partial charge in [0.1, 0.15) is 0 Å². The normalized spacial score (nSPS) is 19.9. The highest BCUT2D eigenvalue weighted by atomic mass is 32.2. The van der Waals surface area contributed by atoms with E-state index >= 15 is 0 Å². The number of hydrogen-bond donors (Lipinski definition) is 1. The van der Waals surface area contributed by atoms with E-state index in [2.05, 4.69) is 5.32 Å². The van der Waals surface area contributed by atoms with Gasteiger partial charge in [0.15, 0.2) is 9.84 Å². The lowest BCUT2D eigenvalue weighted by Crippen LogP contribution is -2.51. The molecule has 1 atom stereocenters. The van der Waals surface area contributed by atoms with E-state index in [-0.39, 0.29) is 22.6 Å². The van der Waals surface area contributed by atoms with Crippen molar-refractivity contribution in [2.45, 2.75) is 24.8 Å². The molecule has 1 fully saturated rings. The molecule has 1 heterocycles. The summed E-state index contributed by atoms with van der Waals surface area (Å²) in [7, 11) is -3.21. The third kappa shape index (κ3) is 3.19.